The topological polar surface area (TPSA) is 71.6 Å². The molecule has 1 saturated heterocycles. The molecule has 0 spiro atoms. The molecule has 1 aliphatic heterocycles. The van der Waals surface area contributed by atoms with Crippen molar-refractivity contribution >= 4 is 16.8 Å². The summed E-state index contributed by atoms with van der Waals surface area (Å²) in [7, 11) is 1.57. The zero-order valence-corrected chi connectivity index (χ0v) is 15.3. The highest BCUT2D eigenvalue weighted by atomic mass is 16.5. The Morgan fingerprint density at radius 1 is 1.20 bits per heavy atom. The molecule has 0 atom stereocenters. The van der Waals surface area contributed by atoms with E-state index in [1.807, 2.05) is 27.7 Å². The number of aromatic amines is 1. The van der Waals surface area contributed by atoms with E-state index in [9.17, 15) is 9.59 Å². The number of rotatable bonds is 2. The summed E-state index contributed by atoms with van der Waals surface area (Å²) in [6.45, 7) is 8.68. The minimum atomic E-state index is -0.464. The predicted molar refractivity (Wildman–Crippen MR) is 96.3 cm³/mol. The van der Waals surface area contributed by atoms with Crippen LogP contribution in [-0.2, 0) is 4.74 Å². The van der Waals surface area contributed by atoms with Crippen LogP contribution in [-0.4, -0.2) is 47.2 Å². The fourth-order valence-electron chi connectivity index (χ4n) is 3.59. The van der Waals surface area contributed by atoms with E-state index in [-0.39, 0.29) is 16.9 Å². The van der Waals surface area contributed by atoms with E-state index in [2.05, 4.69) is 4.98 Å². The monoisotopic (exact) mass is 344 g/mol. The van der Waals surface area contributed by atoms with Crippen molar-refractivity contribution in [1.29, 1.82) is 0 Å². The fraction of sp³-hybridized carbons (Fsp3) is 0.474. The molecule has 0 bridgehead atoms. The van der Waals surface area contributed by atoms with Gasteiger partial charge in [0.05, 0.1) is 23.8 Å². The third-order valence-electron chi connectivity index (χ3n) is 4.30. The maximum Gasteiger partial charge on any atom is 0.259 e. The summed E-state index contributed by atoms with van der Waals surface area (Å²) in [6.07, 6.45) is 1.49. The van der Waals surface area contributed by atoms with Crippen LogP contribution in [0.15, 0.2) is 29.2 Å². The van der Waals surface area contributed by atoms with E-state index < -0.39 is 11.2 Å². The lowest BCUT2D eigenvalue weighted by Crippen LogP contribution is -2.59. The number of pyridine rings is 1. The molecule has 25 heavy (non-hydrogen) atoms. The number of hydrogen-bond acceptors (Lipinski definition) is 4. The van der Waals surface area contributed by atoms with Crippen molar-refractivity contribution in [2.75, 3.05) is 20.2 Å². The van der Waals surface area contributed by atoms with Gasteiger partial charge in [-0.05, 0) is 39.8 Å². The Balaban J connectivity index is 2.00. The summed E-state index contributed by atoms with van der Waals surface area (Å²) in [4.78, 5) is 30.5. The molecule has 1 aromatic carbocycles. The average molecular weight is 344 g/mol. The first-order valence-electron chi connectivity index (χ1n) is 8.31. The van der Waals surface area contributed by atoms with Gasteiger partial charge in [-0.3, -0.25) is 9.59 Å². The number of ether oxygens (including phenoxy) is 2. The van der Waals surface area contributed by atoms with Gasteiger partial charge in [-0.15, -0.1) is 0 Å². The Hall–Kier alpha value is -2.34. The molecule has 0 saturated carbocycles. The molecular formula is C19H24N2O4. The number of methoxy groups -OCH3 is 1. The summed E-state index contributed by atoms with van der Waals surface area (Å²) in [6, 6.07) is 5.13. The number of benzene rings is 1. The number of aromatic nitrogens is 1. The molecule has 0 radical (unpaired) electrons. The number of carbonyl (C=O) groups is 1. The summed E-state index contributed by atoms with van der Waals surface area (Å²) in [5, 5.41) is 0.471. The van der Waals surface area contributed by atoms with Crippen LogP contribution >= 0.6 is 0 Å². The Kier molecular flexibility index (Phi) is 4.11. The average Bonchev–Trinajstić information content (AvgIpc) is 2.51. The van der Waals surface area contributed by atoms with Crippen molar-refractivity contribution < 1.29 is 14.3 Å². The molecule has 0 aliphatic carbocycles. The van der Waals surface area contributed by atoms with Crippen molar-refractivity contribution in [2.45, 2.75) is 38.9 Å². The number of amides is 1. The highest BCUT2D eigenvalue weighted by molar-refractivity contribution is 5.97. The van der Waals surface area contributed by atoms with Crippen LogP contribution in [0.5, 0.6) is 5.75 Å². The number of H-pyrrole nitrogens is 1. The van der Waals surface area contributed by atoms with Gasteiger partial charge in [-0.25, -0.2) is 0 Å². The molecule has 1 aliphatic rings. The van der Waals surface area contributed by atoms with E-state index in [0.29, 0.717) is 29.7 Å². The Labute approximate surface area is 146 Å². The maximum atomic E-state index is 13.0. The quantitative estimate of drug-likeness (QED) is 0.909. The third kappa shape index (κ3) is 3.39. The van der Waals surface area contributed by atoms with Gasteiger partial charge in [0, 0.05) is 30.7 Å². The zero-order chi connectivity index (χ0) is 18.4. The lowest BCUT2D eigenvalue weighted by atomic mass is 9.98. The number of carbonyl (C=O) groups excluding carboxylic acids is 1. The second kappa shape index (κ2) is 5.88. The molecule has 2 aromatic rings. The Morgan fingerprint density at radius 3 is 2.44 bits per heavy atom. The molecular weight excluding hydrogens is 320 g/mol. The van der Waals surface area contributed by atoms with Gasteiger partial charge in [0.2, 0.25) is 5.43 Å². The van der Waals surface area contributed by atoms with Crippen LogP contribution in [0.4, 0.5) is 0 Å². The molecule has 2 heterocycles. The molecule has 6 nitrogen and oxygen atoms in total. The summed E-state index contributed by atoms with van der Waals surface area (Å²) in [5.74, 6) is 0.377. The van der Waals surface area contributed by atoms with Crippen LogP contribution in [0.25, 0.3) is 10.9 Å². The van der Waals surface area contributed by atoms with E-state index in [4.69, 9.17) is 9.47 Å². The molecule has 1 amide bonds. The zero-order valence-electron chi connectivity index (χ0n) is 15.3. The fourth-order valence-corrected chi connectivity index (χ4v) is 3.59. The van der Waals surface area contributed by atoms with E-state index in [0.717, 1.165) is 0 Å². The molecule has 0 unspecified atom stereocenters. The van der Waals surface area contributed by atoms with Gasteiger partial charge < -0.3 is 19.4 Å². The Bertz CT molecular complexity index is 867. The number of nitrogens with one attached hydrogen (secondary N) is 1. The number of morpholine rings is 1. The summed E-state index contributed by atoms with van der Waals surface area (Å²) < 4.78 is 11.2. The van der Waals surface area contributed by atoms with Gasteiger partial charge >= 0.3 is 0 Å². The smallest absolute Gasteiger partial charge is 0.259 e. The van der Waals surface area contributed by atoms with Crippen LogP contribution < -0.4 is 10.2 Å². The van der Waals surface area contributed by atoms with Gasteiger partial charge in [0.15, 0.2) is 0 Å². The lowest BCUT2D eigenvalue weighted by Gasteiger charge is -2.47. The minimum Gasteiger partial charge on any atom is -0.497 e. The number of hydrogen-bond donors (Lipinski definition) is 1. The van der Waals surface area contributed by atoms with Crippen LogP contribution in [0, 0.1) is 0 Å². The SMILES string of the molecule is COc1ccc2c(=O)c(C(=O)N3CC(C)(C)OC(C)(C)C3)c[nH]c2c1. The van der Waals surface area contributed by atoms with Crippen molar-refractivity contribution in [3.05, 3.63) is 40.2 Å². The Morgan fingerprint density at radius 2 is 1.84 bits per heavy atom. The van der Waals surface area contributed by atoms with Crippen molar-refractivity contribution in [2.24, 2.45) is 0 Å². The molecule has 1 aromatic heterocycles. The van der Waals surface area contributed by atoms with E-state index in [1.54, 1.807) is 30.2 Å². The van der Waals surface area contributed by atoms with Gasteiger partial charge in [0.1, 0.15) is 11.3 Å². The van der Waals surface area contributed by atoms with Crippen molar-refractivity contribution in [3.63, 3.8) is 0 Å². The third-order valence-corrected chi connectivity index (χ3v) is 4.30. The first kappa shape index (κ1) is 17.5. The first-order chi connectivity index (χ1) is 11.6. The van der Waals surface area contributed by atoms with Crippen LogP contribution in [0.3, 0.4) is 0 Å². The van der Waals surface area contributed by atoms with Gasteiger partial charge in [0.25, 0.3) is 5.91 Å². The van der Waals surface area contributed by atoms with Crippen LogP contribution in [0.1, 0.15) is 38.1 Å². The van der Waals surface area contributed by atoms with Crippen LogP contribution in [0.2, 0.25) is 0 Å². The first-order valence-corrected chi connectivity index (χ1v) is 8.31. The van der Waals surface area contributed by atoms with Gasteiger partial charge in [-0.2, -0.15) is 0 Å². The largest absolute Gasteiger partial charge is 0.497 e. The van der Waals surface area contributed by atoms with Crippen molar-refractivity contribution in [1.82, 2.24) is 9.88 Å². The highest BCUT2D eigenvalue weighted by Crippen LogP contribution is 2.28. The second-order valence-corrected chi connectivity index (χ2v) is 7.73. The normalized spacial score (nSPS) is 19.0. The minimum absolute atomic E-state index is 0.145. The van der Waals surface area contributed by atoms with E-state index in [1.165, 1.54) is 6.20 Å². The molecule has 3 rings (SSSR count). The standard InChI is InChI=1S/C19H24N2O4/c1-18(2)10-21(11-19(3,4)25-18)17(23)14-9-20-15-8-12(24-5)6-7-13(15)16(14)22/h6-9H,10-11H2,1-5H3,(H,20,22). The lowest BCUT2D eigenvalue weighted by molar-refractivity contribution is -0.171. The predicted octanol–water partition coefficient (Wildman–Crippen LogP) is 2.57. The maximum absolute atomic E-state index is 13.0. The molecule has 134 valence electrons. The number of nitrogens with zero attached hydrogens (tertiary/aromatic N) is 1. The summed E-state index contributed by atoms with van der Waals surface area (Å²) in [5.41, 5.74) is -0.416. The summed E-state index contributed by atoms with van der Waals surface area (Å²) >= 11 is 0. The van der Waals surface area contributed by atoms with Crippen molar-refractivity contribution in [3.8, 4) is 5.75 Å². The molecule has 1 fully saturated rings. The molecule has 6 heteroatoms. The number of fused-ring (bicyclic) bond motifs is 1. The second-order valence-electron chi connectivity index (χ2n) is 7.73. The van der Waals surface area contributed by atoms with E-state index >= 15 is 0 Å². The van der Waals surface area contributed by atoms with Gasteiger partial charge in [-0.1, -0.05) is 0 Å². The molecule has 1 N–H and O–H groups in total. The highest BCUT2D eigenvalue weighted by Gasteiger charge is 2.40.